The number of likely N-dealkylation sites (tertiary alicyclic amines) is 1. The Kier molecular flexibility index (Phi) is 4.70. The van der Waals surface area contributed by atoms with E-state index in [1.54, 1.807) is 0 Å². The van der Waals surface area contributed by atoms with Crippen LogP contribution in [0.3, 0.4) is 0 Å². The molecule has 0 aliphatic carbocycles. The summed E-state index contributed by atoms with van der Waals surface area (Å²) in [5, 5.41) is 10.7. The van der Waals surface area contributed by atoms with Crippen LogP contribution in [0.5, 0.6) is 0 Å². The smallest absolute Gasteiger partial charge is 0.137 e. The summed E-state index contributed by atoms with van der Waals surface area (Å²) in [4.78, 5) is 4.09. The second-order valence-corrected chi connectivity index (χ2v) is 6.98. The third-order valence-electron chi connectivity index (χ3n) is 4.32. The topological polar surface area (TPSA) is 34.0 Å². The average molecular weight is 304 g/mol. The van der Waals surface area contributed by atoms with Crippen molar-refractivity contribution >= 4 is 11.3 Å². The SMILES string of the molecule is CCCn1cnnc1C1CCCN(Cc2sccc2C)C1. The van der Waals surface area contributed by atoms with Gasteiger partial charge in [0.1, 0.15) is 12.2 Å². The fraction of sp³-hybridized carbons (Fsp3) is 0.625. The molecule has 0 amide bonds. The third-order valence-corrected chi connectivity index (χ3v) is 5.32. The minimum Gasteiger partial charge on any atom is -0.317 e. The molecule has 2 aromatic heterocycles. The predicted molar refractivity (Wildman–Crippen MR) is 86.6 cm³/mol. The van der Waals surface area contributed by atoms with E-state index < -0.39 is 0 Å². The summed E-state index contributed by atoms with van der Waals surface area (Å²) in [7, 11) is 0. The number of thiophene rings is 1. The number of rotatable bonds is 5. The lowest BCUT2D eigenvalue weighted by Gasteiger charge is -2.32. The fourth-order valence-corrected chi connectivity index (χ4v) is 4.12. The van der Waals surface area contributed by atoms with E-state index in [2.05, 4.69) is 45.0 Å². The molecule has 21 heavy (non-hydrogen) atoms. The quantitative estimate of drug-likeness (QED) is 0.848. The van der Waals surface area contributed by atoms with Gasteiger partial charge in [0.25, 0.3) is 0 Å². The van der Waals surface area contributed by atoms with Gasteiger partial charge in [0.2, 0.25) is 0 Å². The van der Waals surface area contributed by atoms with Crippen molar-refractivity contribution in [3.8, 4) is 0 Å². The van der Waals surface area contributed by atoms with Crippen molar-refractivity contribution in [2.24, 2.45) is 0 Å². The van der Waals surface area contributed by atoms with Crippen molar-refractivity contribution in [1.82, 2.24) is 19.7 Å². The zero-order chi connectivity index (χ0) is 14.7. The molecule has 1 saturated heterocycles. The molecule has 1 fully saturated rings. The normalized spacial score (nSPS) is 20.0. The molecule has 0 radical (unpaired) electrons. The highest BCUT2D eigenvalue weighted by atomic mass is 32.1. The number of hydrogen-bond acceptors (Lipinski definition) is 4. The van der Waals surface area contributed by atoms with E-state index in [0.29, 0.717) is 5.92 Å². The first-order valence-electron chi connectivity index (χ1n) is 7.91. The van der Waals surface area contributed by atoms with Crippen LogP contribution in [0.4, 0.5) is 0 Å². The Hall–Kier alpha value is -1.20. The maximum absolute atomic E-state index is 4.40. The van der Waals surface area contributed by atoms with Gasteiger partial charge in [-0.1, -0.05) is 6.92 Å². The molecule has 114 valence electrons. The monoisotopic (exact) mass is 304 g/mol. The van der Waals surface area contributed by atoms with Gasteiger partial charge in [0, 0.05) is 30.4 Å². The Morgan fingerprint density at radius 1 is 1.43 bits per heavy atom. The van der Waals surface area contributed by atoms with Crippen LogP contribution in [0.25, 0.3) is 0 Å². The second-order valence-electron chi connectivity index (χ2n) is 5.98. The van der Waals surface area contributed by atoms with Crippen molar-refractivity contribution < 1.29 is 0 Å². The van der Waals surface area contributed by atoms with Crippen LogP contribution in [0.1, 0.15) is 48.4 Å². The maximum Gasteiger partial charge on any atom is 0.137 e. The molecule has 0 bridgehead atoms. The summed E-state index contributed by atoms with van der Waals surface area (Å²) in [6.07, 6.45) is 5.52. The second kappa shape index (κ2) is 6.71. The Morgan fingerprint density at radius 2 is 2.33 bits per heavy atom. The third kappa shape index (κ3) is 3.35. The van der Waals surface area contributed by atoms with Crippen molar-refractivity contribution in [2.75, 3.05) is 13.1 Å². The van der Waals surface area contributed by atoms with E-state index in [9.17, 15) is 0 Å². The van der Waals surface area contributed by atoms with E-state index in [-0.39, 0.29) is 0 Å². The molecular formula is C16H24N4S. The fourth-order valence-electron chi connectivity index (χ4n) is 3.17. The molecule has 1 aliphatic heterocycles. The van der Waals surface area contributed by atoms with Gasteiger partial charge >= 0.3 is 0 Å². The molecule has 4 nitrogen and oxygen atoms in total. The summed E-state index contributed by atoms with van der Waals surface area (Å²) in [6.45, 7) is 8.85. The van der Waals surface area contributed by atoms with Crippen molar-refractivity contribution in [2.45, 2.75) is 52.1 Å². The van der Waals surface area contributed by atoms with Gasteiger partial charge in [-0.2, -0.15) is 0 Å². The highest BCUT2D eigenvalue weighted by Gasteiger charge is 2.25. The highest BCUT2D eigenvalue weighted by Crippen LogP contribution is 2.28. The number of aromatic nitrogens is 3. The summed E-state index contributed by atoms with van der Waals surface area (Å²) >= 11 is 1.88. The van der Waals surface area contributed by atoms with Crippen LogP contribution in [0.15, 0.2) is 17.8 Å². The molecule has 0 saturated carbocycles. The van der Waals surface area contributed by atoms with Gasteiger partial charge in [-0.05, 0) is 49.7 Å². The first-order valence-corrected chi connectivity index (χ1v) is 8.79. The largest absolute Gasteiger partial charge is 0.317 e. The Balaban J connectivity index is 1.68. The molecule has 0 aromatic carbocycles. The first-order chi connectivity index (χ1) is 10.3. The van der Waals surface area contributed by atoms with Crippen LogP contribution >= 0.6 is 11.3 Å². The van der Waals surface area contributed by atoms with Crippen molar-refractivity contribution in [1.29, 1.82) is 0 Å². The van der Waals surface area contributed by atoms with Gasteiger partial charge in [0.05, 0.1) is 0 Å². The summed E-state index contributed by atoms with van der Waals surface area (Å²) in [6, 6.07) is 2.22. The summed E-state index contributed by atoms with van der Waals surface area (Å²) < 4.78 is 2.24. The zero-order valence-electron chi connectivity index (χ0n) is 13.0. The lowest BCUT2D eigenvalue weighted by Crippen LogP contribution is -2.34. The van der Waals surface area contributed by atoms with Gasteiger partial charge in [-0.3, -0.25) is 4.90 Å². The van der Waals surface area contributed by atoms with Crippen molar-refractivity contribution in [3.63, 3.8) is 0 Å². The summed E-state index contributed by atoms with van der Waals surface area (Å²) in [5.41, 5.74) is 1.43. The molecule has 0 N–H and O–H groups in total. The van der Waals surface area contributed by atoms with Crippen molar-refractivity contribution in [3.05, 3.63) is 34.0 Å². The van der Waals surface area contributed by atoms with Gasteiger partial charge in [0.15, 0.2) is 0 Å². The highest BCUT2D eigenvalue weighted by molar-refractivity contribution is 7.10. The van der Waals surface area contributed by atoms with Crippen LogP contribution in [-0.4, -0.2) is 32.8 Å². The Bertz CT molecular complexity index is 574. The Morgan fingerprint density at radius 3 is 3.10 bits per heavy atom. The van der Waals surface area contributed by atoms with E-state index >= 15 is 0 Å². The molecule has 1 atom stereocenters. The number of hydrogen-bond donors (Lipinski definition) is 0. The molecular weight excluding hydrogens is 280 g/mol. The molecule has 0 spiro atoms. The van der Waals surface area contributed by atoms with E-state index in [0.717, 1.165) is 26.1 Å². The molecule has 1 aliphatic rings. The van der Waals surface area contributed by atoms with E-state index in [4.69, 9.17) is 0 Å². The van der Waals surface area contributed by atoms with E-state index in [1.165, 1.54) is 35.7 Å². The maximum atomic E-state index is 4.40. The van der Waals surface area contributed by atoms with Gasteiger partial charge in [-0.15, -0.1) is 21.5 Å². The molecule has 3 heterocycles. The first kappa shape index (κ1) is 14.7. The van der Waals surface area contributed by atoms with Crippen LogP contribution in [-0.2, 0) is 13.1 Å². The van der Waals surface area contributed by atoms with Crippen LogP contribution < -0.4 is 0 Å². The number of piperidine rings is 1. The minimum atomic E-state index is 0.535. The summed E-state index contributed by atoms with van der Waals surface area (Å²) in [5.74, 6) is 1.72. The lowest BCUT2D eigenvalue weighted by molar-refractivity contribution is 0.195. The number of nitrogens with zero attached hydrogens (tertiary/aromatic N) is 4. The molecule has 5 heteroatoms. The zero-order valence-corrected chi connectivity index (χ0v) is 13.8. The molecule has 2 aromatic rings. The molecule has 1 unspecified atom stereocenters. The average Bonchev–Trinajstić information content (AvgIpc) is 3.10. The lowest BCUT2D eigenvalue weighted by atomic mass is 9.97. The van der Waals surface area contributed by atoms with Crippen LogP contribution in [0.2, 0.25) is 0 Å². The van der Waals surface area contributed by atoms with E-state index in [1.807, 2.05) is 17.7 Å². The minimum absolute atomic E-state index is 0.535. The number of aryl methyl sites for hydroxylation is 2. The standard InChI is InChI=1S/C16H24N4S/c1-3-7-20-12-17-18-16(20)14-5-4-8-19(10-14)11-15-13(2)6-9-21-15/h6,9,12,14H,3-5,7-8,10-11H2,1-2H3. The predicted octanol–water partition coefficient (Wildman–Crippen LogP) is 3.44. The molecule has 3 rings (SSSR count). The van der Waals surface area contributed by atoms with Gasteiger partial charge in [-0.25, -0.2) is 0 Å². The van der Waals surface area contributed by atoms with Crippen LogP contribution in [0, 0.1) is 6.92 Å². The Labute approximate surface area is 130 Å². The van der Waals surface area contributed by atoms with Gasteiger partial charge < -0.3 is 4.57 Å².